The van der Waals surface area contributed by atoms with Gasteiger partial charge in [-0.3, -0.25) is 9.20 Å². The molecule has 1 aliphatic heterocycles. The van der Waals surface area contributed by atoms with Gasteiger partial charge < -0.3 is 15.6 Å². The fourth-order valence-corrected chi connectivity index (χ4v) is 5.41. The highest BCUT2D eigenvalue weighted by atomic mass is 32.1. The number of allylic oxidation sites excluding steroid dienone is 1. The van der Waals surface area contributed by atoms with Gasteiger partial charge in [0.25, 0.3) is 5.91 Å². The Bertz CT molecular complexity index is 1520. The van der Waals surface area contributed by atoms with Crippen molar-refractivity contribution in [3.63, 3.8) is 0 Å². The Hall–Kier alpha value is -3.85. The smallest absolute Gasteiger partial charge is 0.266 e. The van der Waals surface area contributed by atoms with Crippen molar-refractivity contribution in [1.29, 1.82) is 5.41 Å². The van der Waals surface area contributed by atoms with Gasteiger partial charge in [-0.25, -0.2) is 15.0 Å². The number of carbonyl (C=O) groups is 1. The van der Waals surface area contributed by atoms with E-state index in [9.17, 15) is 4.79 Å². The van der Waals surface area contributed by atoms with Gasteiger partial charge >= 0.3 is 0 Å². The first kappa shape index (κ1) is 23.9. The molecule has 4 heterocycles. The van der Waals surface area contributed by atoms with E-state index in [0.717, 1.165) is 43.7 Å². The molecule has 1 aliphatic rings. The molecule has 0 spiro atoms. The summed E-state index contributed by atoms with van der Waals surface area (Å²) in [6, 6.07) is 8.07. The average molecular weight is 500 g/mol. The van der Waals surface area contributed by atoms with Gasteiger partial charge in [-0.15, -0.1) is 11.3 Å². The van der Waals surface area contributed by atoms with Crippen LogP contribution in [0.2, 0.25) is 0 Å². The van der Waals surface area contributed by atoms with Gasteiger partial charge in [-0.05, 0) is 24.1 Å². The number of thiazole rings is 1. The predicted octanol–water partition coefficient (Wildman–Crippen LogP) is 4.82. The van der Waals surface area contributed by atoms with E-state index in [1.54, 1.807) is 19.4 Å². The maximum absolute atomic E-state index is 13.1. The molecular weight excluding hydrogens is 470 g/mol. The van der Waals surface area contributed by atoms with Crippen molar-refractivity contribution >= 4 is 34.7 Å². The summed E-state index contributed by atoms with van der Waals surface area (Å²) in [6.45, 7) is 9.52. The van der Waals surface area contributed by atoms with E-state index in [0.29, 0.717) is 24.4 Å². The molecule has 184 valence electrons. The molecule has 3 aromatic heterocycles. The van der Waals surface area contributed by atoms with Crippen LogP contribution < -0.4 is 5.32 Å². The lowest BCUT2D eigenvalue weighted by Gasteiger charge is -2.19. The Balaban J connectivity index is 1.44. The first-order chi connectivity index (χ1) is 17.2. The fraction of sp³-hybridized carbons (Fsp3) is 0.296. The molecule has 0 atom stereocenters. The maximum atomic E-state index is 13.1. The van der Waals surface area contributed by atoms with E-state index >= 15 is 0 Å². The molecule has 0 bridgehead atoms. The minimum Gasteiger partial charge on any atom is -0.393 e. The second-order valence-corrected chi connectivity index (χ2v) is 11.0. The molecular formula is C27H29N7OS. The van der Waals surface area contributed by atoms with Crippen molar-refractivity contribution in [3.8, 4) is 11.4 Å². The van der Waals surface area contributed by atoms with Crippen LogP contribution in [0.4, 0.5) is 0 Å². The van der Waals surface area contributed by atoms with Crippen LogP contribution in [0.5, 0.6) is 0 Å². The maximum Gasteiger partial charge on any atom is 0.266 e. The lowest BCUT2D eigenvalue weighted by molar-refractivity contribution is 0.0769. The first-order valence-electron chi connectivity index (χ1n) is 11.8. The van der Waals surface area contributed by atoms with E-state index < -0.39 is 0 Å². The Morgan fingerprint density at radius 2 is 2.06 bits per heavy atom. The van der Waals surface area contributed by atoms with Crippen molar-refractivity contribution in [1.82, 2.24) is 29.6 Å². The Morgan fingerprint density at radius 3 is 2.72 bits per heavy atom. The van der Waals surface area contributed by atoms with Crippen LogP contribution in [0.1, 0.15) is 58.0 Å². The molecule has 1 aromatic carbocycles. The lowest BCUT2D eigenvalue weighted by Crippen LogP contribution is -2.24. The lowest BCUT2D eigenvalue weighted by atomic mass is 9.98. The topological polar surface area (TPSA) is 99.3 Å². The number of benzene rings is 1. The highest BCUT2D eigenvalue weighted by Crippen LogP contribution is 2.35. The zero-order valence-corrected chi connectivity index (χ0v) is 21.9. The van der Waals surface area contributed by atoms with Gasteiger partial charge in [0.2, 0.25) is 0 Å². The van der Waals surface area contributed by atoms with Crippen LogP contribution in [0.25, 0.3) is 22.6 Å². The van der Waals surface area contributed by atoms with E-state index in [-0.39, 0.29) is 11.3 Å². The van der Waals surface area contributed by atoms with E-state index in [1.807, 2.05) is 27.6 Å². The summed E-state index contributed by atoms with van der Waals surface area (Å²) in [5.74, 6) is 0.809. The van der Waals surface area contributed by atoms with Gasteiger partial charge in [-0.1, -0.05) is 32.9 Å². The molecule has 4 aromatic rings. The average Bonchev–Trinajstić information content (AvgIpc) is 3.54. The number of amides is 1. The van der Waals surface area contributed by atoms with Crippen LogP contribution in [-0.4, -0.2) is 43.4 Å². The summed E-state index contributed by atoms with van der Waals surface area (Å²) < 4.78 is 1.94. The Morgan fingerprint density at radius 1 is 1.25 bits per heavy atom. The molecule has 0 aliphatic carbocycles. The van der Waals surface area contributed by atoms with Gasteiger partial charge in [0, 0.05) is 61.0 Å². The van der Waals surface area contributed by atoms with Crippen LogP contribution in [0.15, 0.2) is 42.9 Å². The van der Waals surface area contributed by atoms with Crippen LogP contribution >= 0.6 is 11.3 Å². The summed E-state index contributed by atoms with van der Waals surface area (Å²) in [7, 11) is 1.80. The van der Waals surface area contributed by atoms with Crippen molar-refractivity contribution < 1.29 is 4.79 Å². The molecule has 8 nitrogen and oxygen atoms in total. The van der Waals surface area contributed by atoms with Crippen LogP contribution in [0.3, 0.4) is 0 Å². The SMILES string of the molecule is CN/C=C(\C=N)c1cc2nccn2c(-c2ccc(CN3Cc4nc(C(C)(C)C)sc4C3=O)c(C)c2)n1. The third kappa shape index (κ3) is 4.19. The van der Waals surface area contributed by atoms with Crippen molar-refractivity contribution in [2.75, 3.05) is 7.05 Å². The number of aryl methyl sites for hydroxylation is 1. The largest absolute Gasteiger partial charge is 0.393 e. The minimum absolute atomic E-state index is 0.0547. The van der Waals surface area contributed by atoms with Crippen molar-refractivity contribution in [2.24, 2.45) is 0 Å². The third-order valence-corrected chi connectivity index (χ3v) is 7.78. The number of aromatic nitrogens is 4. The summed E-state index contributed by atoms with van der Waals surface area (Å²) in [5.41, 5.74) is 6.05. The second kappa shape index (κ2) is 8.98. The predicted molar refractivity (Wildman–Crippen MR) is 143 cm³/mol. The van der Waals surface area contributed by atoms with Crippen molar-refractivity contribution in [2.45, 2.75) is 46.2 Å². The van der Waals surface area contributed by atoms with Gasteiger partial charge in [0.05, 0.1) is 22.9 Å². The molecule has 0 unspecified atom stereocenters. The zero-order chi connectivity index (χ0) is 25.6. The molecule has 9 heteroatoms. The van der Waals surface area contributed by atoms with Crippen LogP contribution in [0, 0.1) is 12.3 Å². The fourth-order valence-electron chi connectivity index (χ4n) is 4.31. The van der Waals surface area contributed by atoms with Crippen LogP contribution in [-0.2, 0) is 18.5 Å². The number of nitrogens with zero attached hydrogens (tertiary/aromatic N) is 5. The Kier molecular flexibility index (Phi) is 5.96. The highest BCUT2D eigenvalue weighted by Gasteiger charge is 2.34. The van der Waals surface area contributed by atoms with Crippen molar-refractivity contribution in [3.05, 3.63) is 75.3 Å². The number of imidazole rings is 1. The molecule has 1 amide bonds. The minimum atomic E-state index is -0.0547. The highest BCUT2D eigenvalue weighted by molar-refractivity contribution is 7.14. The number of carbonyl (C=O) groups excluding carboxylic acids is 1. The molecule has 0 saturated carbocycles. The van der Waals surface area contributed by atoms with Gasteiger partial charge in [-0.2, -0.15) is 0 Å². The Labute approximate surface area is 214 Å². The van der Waals surface area contributed by atoms with E-state index in [1.165, 1.54) is 17.6 Å². The molecule has 0 radical (unpaired) electrons. The monoisotopic (exact) mass is 499 g/mol. The standard InChI is InChI=1S/C27H29N7OS/c1-16-10-17(24-31-20(19(12-28)13-29-5)11-22-30-8-9-34(22)24)6-7-18(16)14-33-15-21-23(25(33)35)36-26(32-21)27(2,3)4/h6-13,28-29H,14-15H2,1-5H3/b19-13+,28-12?. The normalized spacial score (nSPS) is 14.0. The second-order valence-electron chi connectivity index (χ2n) is 10.0. The van der Waals surface area contributed by atoms with E-state index in [4.69, 9.17) is 15.4 Å². The number of hydrogen-bond acceptors (Lipinski definition) is 7. The molecule has 36 heavy (non-hydrogen) atoms. The summed E-state index contributed by atoms with van der Waals surface area (Å²) in [5, 5.41) is 11.8. The number of fused-ring (bicyclic) bond motifs is 2. The van der Waals surface area contributed by atoms with Gasteiger partial charge in [0.15, 0.2) is 0 Å². The summed E-state index contributed by atoms with van der Waals surface area (Å²) >= 11 is 1.52. The molecule has 2 N–H and O–H groups in total. The molecule has 5 rings (SSSR count). The number of nitrogens with one attached hydrogen (secondary N) is 2. The molecule has 0 saturated heterocycles. The molecule has 0 fully saturated rings. The quantitative estimate of drug-likeness (QED) is 0.371. The number of rotatable bonds is 6. The zero-order valence-electron chi connectivity index (χ0n) is 21.1. The summed E-state index contributed by atoms with van der Waals surface area (Å²) in [6.07, 6.45) is 6.66. The first-order valence-corrected chi connectivity index (χ1v) is 12.6. The van der Waals surface area contributed by atoms with E-state index in [2.05, 4.69) is 50.1 Å². The van der Waals surface area contributed by atoms with Gasteiger partial charge in [0.1, 0.15) is 16.3 Å². The summed E-state index contributed by atoms with van der Waals surface area (Å²) in [4.78, 5) is 29.8. The third-order valence-electron chi connectivity index (χ3n) is 6.26. The number of hydrogen-bond donors (Lipinski definition) is 2.